The molecule has 1 saturated heterocycles. The molecule has 4 heteroatoms. The highest BCUT2D eigenvalue weighted by molar-refractivity contribution is 9.10. The average Bonchev–Trinajstić information content (AvgIpc) is 2.70. The zero-order valence-electron chi connectivity index (χ0n) is 10.00. The first-order valence-electron chi connectivity index (χ1n) is 5.76. The van der Waals surface area contributed by atoms with E-state index in [1.807, 2.05) is 32.0 Å². The molecule has 1 aliphatic heterocycles. The quantitative estimate of drug-likeness (QED) is 0.911. The molecule has 2 atom stereocenters. The third-order valence-corrected chi connectivity index (χ3v) is 4.03. The van der Waals surface area contributed by atoms with Crippen molar-refractivity contribution in [2.75, 3.05) is 11.9 Å². The van der Waals surface area contributed by atoms with E-state index in [0.717, 1.165) is 22.1 Å². The van der Waals surface area contributed by atoms with Crippen LogP contribution in [0.1, 0.15) is 18.9 Å². The minimum absolute atomic E-state index is 0.0199. The standard InChI is InChI=1S/C13H16BrNO2/c1-8-7-10(3-4-12(8)14)15-13(16)11-5-6-17-9(11)2/h3-4,7,9,11H,5-6H2,1-2H3,(H,15,16). The Kier molecular flexibility index (Phi) is 3.84. The first-order valence-corrected chi connectivity index (χ1v) is 6.56. The molecule has 0 spiro atoms. The molecular weight excluding hydrogens is 282 g/mol. The van der Waals surface area contributed by atoms with Gasteiger partial charge in [-0.25, -0.2) is 0 Å². The number of hydrogen-bond donors (Lipinski definition) is 1. The molecule has 1 heterocycles. The molecule has 2 unspecified atom stereocenters. The van der Waals surface area contributed by atoms with E-state index in [9.17, 15) is 4.79 Å². The zero-order valence-corrected chi connectivity index (χ0v) is 11.6. The Hall–Kier alpha value is -0.870. The number of carbonyl (C=O) groups excluding carboxylic acids is 1. The van der Waals surface area contributed by atoms with Gasteiger partial charge in [-0.2, -0.15) is 0 Å². The average molecular weight is 298 g/mol. The molecule has 1 aromatic carbocycles. The molecule has 0 aromatic heterocycles. The van der Waals surface area contributed by atoms with Gasteiger partial charge in [-0.3, -0.25) is 4.79 Å². The SMILES string of the molecule is Cc1cc(NC(=O)C2CCOC2C)ccc1Br. The Labute approximate surface area is 110 Å². The van der Waals surface area contributed by atoms with E-state index >= 15 is 0 Å². The molecular formula is C13H16BrNO2. The fraction of sp³-hybridized carbons (Fsp3) is 0.462. The van der Waals surface area contributed by atoms with Crippen LogP contribution in [0.2, 0.25) is 0 Å². The van der Waals surface area contributed by atoms with Crippen molar-refractivity contribution < 1.29 is 9.53 Å². The van der Waals surface area contributed by atoms with Gasteiger partial charge in [-0.1, -0.05) is 15.9 Å². The fourth-order valence-electron chi connectivity index (χ4n) is 2.03. The highest BCUT2D eigenvalue weighted by atomic mass is 79.9. The molecule has 1 fully saturated rings. The molecule has 2 rings (SSSR count). The van der Waals surface area contributed by atoms with E-state index in [-0.39, 0.29) is 17.9 Å². The summed E-state index contributed by atoms with van der Waals surface area (Å²) in [4.78, 5) is 12.0. The van der Waals surface area contributed by atoms with Crippen LogP contribution in [-0.2, 0) is 9.53 Å². The second kappa shape index (κ2) is 5.19. The highest BCUT2D eigenvalue weighted by Gasteiger charge is 2.30. The van der Waals surface area contributed by atoms with Gasteiger partial charge >= 0.3 is 0 Å². The monoisotopic (exact) mass is 297 g/mol. The lowest BCUT2D eigenvalue weighted by Crippen LogP contribution is -2.27. The van der Waals surface area contributed by atoms with E-state index in [0.29, 0.717) is 6.61 Å². The van der Waals surface area contributed by atoms with Crippen molar-refractivity contribution in [3.8, 4) is 0 Å². The lowest BCUT2D eigenvalue weighted by Gasteiger charge is -2.14. The predicted molar refractivity (Wildman–Crippen MR) is 71.0 cm³/mol. The molecule has 1 amide bonds. The first kappa shape index (κ1) is 12.6. The molecule has 1 aliphatic rings. The maximum atomic E-state index is 12.0. The summed E-state index contributed by atoms with van der Waals surface area (Å²) in [6, 6.07) is 5.80. The Balaban J connectivity index is 2.05. The van der Waals surface area contributed by atoms with Crippen molar-refractivity contribution in [1.82, 2.24) is 0 Å². The number of halogens is 1. The van der Waals surface area contributed by atoms with Crippen molar-refractivity contribution in [3.63, 3.8) is 0 Å². The van der Waals surface area contributed by atoms with Crippen molar-refractivity contribution in [2.45, 2.75) is 26.4 Å². The van der Waals surface area contributed by atoms with Crippen LogP contribution in [0.15, 0.2) is 22.7 Å². The van der Waals surface area contributed by atoms with Gasteiger partial charge in [-0.05, 0) is 44.0 Å². The summed E-state index contributed by atoms with van der Waals surface area (Å²) in [6.45, 7) is 4.63. The number of nitrogens with one attached hydrogen (secondary N) is 1. The summed E-state index contributed by atoms with van der Waals surface area (Å²) in [5.74, 6) is 0.0238. The fourth-order valence-corrected chi connectivity index (χ4v) is 2.28. The molecule has 3 nitrogen and oxygen atoms in total. The molecule has 0 bridgehead atoms. The number of benzene rings is 1. The Morgan fingerprint density at radius 3 is 2.88 bits per heavy atom. The van der Waals surface area contributed by atoms with Crippen molar-refractivity contribution >= 4 is 27.5 Å². The molecule has 1 N–H and O–H groups in total. The first-order chi connectivity index (χ1) is 8.08. The van der Waals surface area contributed by atoms with Crippen LogP contribution < -0.4 is 5.32 Å². The number of ether oxygens (including phenoxy) is 1. The smallest absolute Gasteiger partial charge is 0.230 e. The minimum atomic E-state index is -0.0287. The Morgan fingerprint density at radius 2 is 2.29 bits per heavy atom. The third-order valence-electron chi connectivity index (χ3n) is 3.14. The van der Waals surface area contributed by atoms with Gasteiger partial charge < -0.3 is 10.1 Å². The molecule has 17 heavy (non-hydrogen) atoms. The van der Waals surface area contributed by atoms with Gasteiger partial charge in [0, 0.05) is 16.8 Å². The normalized spacial score (nSPS) is 23.7. The third kappa shape index (κ3) is 2.87. The topological polar surface area (TPSA) is 38.3 Å². The van der Waals surface area contributed by atoms with Crippen LogP contribution in [0.3, 0.4) is 0 Å². The molecule has 0 radical (unpaired) electrons. The number of rotatable bonds is 2. The van der Waals surface area contributed by atoms with Gasteiger partial charge in [0.2, 0.25) is 5.91 Å². The molecule has 92 valence electrons. The van der Waals surface area contributed by atoms with Crippen LogP contribution in [0.5, 0.6) is 0 Å². The van der Waals surface area contributed by atoms with Crippen LogP contribution in [0.25, 0.3) is 0 Å². The minimum Gasteiger partial charge on any atom is -0.378 e. The van der Waals surface area contributed by atoms with Crippen molar-refractivity contribution in [2.24, 2.45) is 5.92 Å². The van der Waals surface area contributed by atoms with E-state index in [4.69, 9.17) is 4.74 Å². The Morgan fingerprint density at radius 1 is 1.53 bits per heavy atom. The van der Waals surface area contributed by atoms with E-state index in [2.05, 4.69) is 21.2 Å². The van der Waals surface area contributed by atoms with Crippen LogP contribution in [-0.4, -0.2) is 18.6 Å². The lowest BCUT2D eigenvalue weighted by molar-refractivity contribution is -0.121. The highest BCUT2D eigenvalue weighted by Crippen LogP contribution is 2.24. The number of hydrogen-bond acceptors (Lipinski definition) is 2. The van der Waals surface area contributed by atoms with Gasteiger partial charge in [-0.15, -0.1) is 0 Å². The largest absolute Gasteiger partial charge is 0.378 e. The Bertz CT molecular complexity index is 433. The van der Waals surface area contributed by atoms with E-state index in [1.165, 1.54) is 0 Å². The molecule has 0 saturated carbocycles. The van der Waals surface area contributed by atoms with Crippen molar-refractivity contribution in [1.29, 1.82) is 0 Å². The molecule has 1 aromatic rings. The predicted octanol–water partition coefficient (Wildman–Crippen LogP) is 3.12. The maximum absolute atomic E-state index is 12.0. The zero-order chi connectivity index (χ0) is 12.4. The summed E-state index contributed by atoms with van der Waals surface area (Å²) in [7, 11) is 0. The van der Waals surface area contributed by atoms with Crippen LogP contribution >= 0.6 is 15.9 Å². The molecule has 0 aliphatic carbocycles. The summed E-state index contributed by atoms with van der Waals surface area (Å²) in [6.07, 6.45) is 0.828. The van der Waals surface area contributed by atoms with Crippen molar-refractivity contribution in [3.05, 3.63) is 28.2 Å². The summed E-state index contributed by atoms with van der Waals surface area (Å²) in [5, 5.41) is 2.94. The van der Waals surface area contributed by atoms with E-state index in [1.54, 1.807) is 0 Å². The van der Waals surface area contributed by atoms with Crippen LogP contribution in [0.4, 0.5) is 5.69 Å². The number of amides is 1. The number of anilines is 1. The number of carbonyl (C=O) groups is 1. The lowest BCUT2D eigenvalue weighted by atomic mass is 10.0. The van der Waals surface area contributed by atoms with Gasteiger partial charge in [0.05, 0.1) is 12.0 Å². The van der Waals surface area contributed by atoms with E-state index < -0.39 is 0 Å². The second-order valence-electron chi connectivity index (χ2n) is 4.42. The van der Waals surface area contributed by atoms with Gasteiger partial charge in [0.25, 0.3) is 0 Å². The second-order valence-corrected chi connectivity index (χ2v) is 5.28. The summed E-state index contributed by atoms with van der Waals surface area (Å²) < 4.78 is 6.45. The van der Waals surface area contributed by atoms with Crippen LogP contribution in [0, 0.1) is 12.8 Å². The maximum Gasteiger partial charge on any atom is 0.230 e. The summed E-state index contributed by atoms with van der Waals surface area (Å²) in [5.41, 5.74) is 1.95. The number of aryl methyl sites for hydroxylation is 1. The van der Waals surface area contributed by atoms with Gasteiger partial charge in [0.15, 0.2) is 0 Å². The van der Waals surface area contributed by atoms with Gasteiger partial charge in [0.1, 0.15) is 0 Å². The summed E-state index contributed by atoms with van der Waals surface area (Å²) >= 11 is 3.44.